The van der Waals surface area contributed by atoms with Crippen molar-refractivity contribution < 1.29 is 38.3 Å². The van der Waals surface area contributed by atoms with Gasteiger partial charge in [-0.25, -0.2) is 9.59 Å². The van der Waals surface area contributed by atoms with Gasteiger partial charge in [-0.05, 0) is 44.6 Å². The Morgan fingerprint density at radius 3 is 2.44 bits per heavy atom. The molecule has 39 heavy (non-hydrogen) atoms. The molecular weight excluding hydrogens is 514 g/mol. The molecule has 1 aromatic carbocycles. The lowest BCUT2D eigenvalue weighted by Crippen LogP contribution is -2.42. The average molecular weight is 554 g/mol. The van der Waals surface area contributed by atoms with Crippen molar-refractivity contribution in [2.24, 2.45) is 22.4 Å². The fourth-order valence-electron chi connectivity index (χ4n) is 3.32. The van der Waals surface area contributed by atoms with E-state index in [0.717, 1.165) is 6.29 Å². The van der Waals surface area contributed by atoms with Gasteiger partial charge in [0, 0.05) is 13.0 Å². The first-order valence-electron chi connectivity index (χ1n) is 12.6. The molecule has 1 amide bonds. The second kappa shape index (κ2) is 17.4. The number of ether oxygens (including phenoxy) is 4. The van der Waals surface area contributed by atoms with Gasteiger partial charge in [-0.15, -0.1) is 0 Å². The SMILES string of the molecule is COc1cc(C(C)OC(=O)NC(CCCN=C(N)N)C(=O)OCCC(C)C)c([N+](=O)[O-])cc1OCCCC=O. The second-order valence-corrected chi connectivity index (χ2v) is 9.02. The number of amides is 1. The molecule has 0 aromatic heterocycles. The number of alkyl carbamates (subject to hydrolysis) is 1. The van der Waals surface area contributed by atoms with E-state index < -0.39 is 29.1 Å². The zero-order chi connectivity index (χ0) is 29.4. The molecule has 1 rings (SSSR count). The van der Waals surface area contributed by atoms with E-state index in [-0.39, 0.29) is 61.3 Å². The lowest BCUT2D eigenvalue weighted by Gasteiger charge is -2.20. The molecule has 0 aliphatic rings. The van der Waals surface area contributed by atoms with Gasteiger partial charge in [0.2, 0.25) is 0 Å². The van der Waals surface area contributed by atoms with Gasteiger partial charge < -0.3 is 40.5 Å². The van der Waals surface area contributed by atoms with E-state index in [9.17, 15) is 24.5 Å². The standard InChI is InChI=1S/C25H39N5O9/c1-16(2)9-13-38-23(32)19(8-7-10-28-24(26)27)29-25(33)39-17(3)18-14-21(36-4)22(15-20(18)30(34)35)37-12-6-5-11-31/h11,14-17,19H,5-10,12-13H2,1-4H3,(H,29,33)(H4,26,27,28). The Hall–Kier alpha value is -4.10. The van der Waals surface area contributed by atoms with E-state index in [1.807, 2.05) is 13.8 Å². The lowest BCUT2D eigenvalue weighted by atomic mass is 10.1. The number of hydrogen-bond acceptors (Lipinski definition) is 10. The molecule has 1 aromatic rings. The van der Waals surface area contributed by atoms with Crippen LogP contribution in [0.25, 0.3) is 0 Å². The number of aldehydes is 1. The number of nitrogens with zero attached hydrogens (tertiary/aromatic N) is 2. The van der Waals surface area contributed by atoms with E-state index in [4.69, 9.17) is 30.4 Å². The first-order chi connectivity index (χ1) is 18.5. The quantitative estimate of drug-likeness (QED) is 0.0458. The molecule has 0 aliphatic heterocycles. The van der Waals surface area contributed by atoms with Gasteiger partial charge in [0.05, 0.1) is 36.9 Å². The summed E-state index contributed by atoms with van der Waals surface area (Å²) in [7, 11) is 1.36. The molecule has 0 saturated carbocycles. The molecule has 0 spiro atoms. The monoisotopic (exact) mass is 553 g/mol. The fraction of sp³-hybridized carbons (Fsp3) is 0.600. The largest absolute Gasteiger partial charge is 0.493 e. The molecule has 218 valence electrons. The van der Waals surface area contributed by atoms with E-state index in [1.165, 1.54) is 26.2 Å². The van der Waals surface area contributed by atoms with Crippen LogP contribution in [0.1, 0.15) is 64.5 Å². The predicted molar refractivity (Wildman–Crippen MR) is 143 cm³/mol. The molecule has 2 unspecified atom stereocenters. The third-order valence-electron chi connectivity index (χ3n) is 5.42. The van der Waals surface area contributed by atoms with E-state index in [2.05, 4.69) is 10.3 Å². The Morgan fingerprint density at radius 1 is 1.13 bits per heavy atom. The number of nitrogens with two attached hydrogens (primary N) is 2. The number of nitrogens with one attached hydrogen (secondary N) is 1. The molecule has 0 aliphatic carbocycles. The van der Waals surface area contributed by atoms with Crippen molar-refractivity contribution >= 4 is 30.0 Å². The average Bonchev–Trinajstić information content (AvgIpc) is 2.87. The number of hydrogen-bond donors (Lipinski definition) is 3. The number of nitro benzene ring substituents is 1. The summed E-state index contributed by atoms with van der Waals surface area (Å²) in [4.78, 5) is 50.8. The van der Waals surface area contributed by atoms with E-state index >= 15 is 0 Å². The molecular formula is C25H39N5O9. The molecule has 2 atom stereocenters. The predicted octanol–water partition coefficient (Wildman–Crippen LogP) is 2.76. The van der Waals surface area contributed by atoms with Gasteiger partial charge in [-0.2, -0.15) is 0 Å². The second-order valence-electron chi connectivity index (χ2n) is 9.02. The van der Waals surface area contributed by atoms with Crippen molar-refractivity contribution in [1.29, 1.82) is 0 Å². The smallest absolute Gasteiger partial charge is 0.408 e. The van der Waals surface area contributed by atoms with Crippen LogP contribution in [0.2, 0.25) is 0 Å². The maximum absolute atomic E-state index is 12.7. The number of benzene rings is 1. The van der Waals surface area contributed by atoms with Crippen LogP contribution in [0.3, 0.4) is 0 Å². The summed E-state index contributed by atoms with van der Waals surface area (Å²) in [6.45, 7) is 5.99. The van der Waals surface area contributed by atoms with Crippen LogP contribution in [0.5, 0.6) is 11.5 Å². The van der Waals surface area contributed by atoms with Gasteiger partial charge in [-0.3, -0.25) is 15.1 Å². The number of nitro groups is 1. The van der Waals surface area contributed by atoms with Crippen molar-refractivity contribution in [3.8, 4) is 11.5 Å². The number of aliphatic imine (C=N–C) groups is 1. The van der Waals surface area contributed by atoms with Gasteiger partial charge in [0.15, 0.2) is 17.5 Å². The zero-order valence-electron chi connectivity index (χ0n) is 22.8. The molecule has 5 N–H and O–H groups in total. The van der Waals surface area contributed by atoms with Crippen molar-refractivity contribution in [2.75, 3.05) is 26.9 Å². The molecule has 0 fully saturated rings. The summed E-state index contributed by atoms with van der Waals surface area (Å²) in [6.07, 6.45) is 0.574. The van der Waals surface area contributed by atoms with Gasteiger partial charge in [0.25, 0.3) is 5.69 Å². The van der Waals surface area contributed by atoms with E-state index in [1.54, 1.807) is 0 Å². The number of guanidine groups is 1. The zero-order valence-corrected chi connectivity index (χ0v) is 22.8. The highest BCUT2D eigenvalue weighted by Gasteiger charge is 2.28. The van der Waals surface area contributed by atoms with Gasteiger partial charge in [0.1, 0.15) is 18.4 Å². The Labute approximate surface area is 227 Å². The first kappa shape index (κ1) is 32.9. The third-order valence-corrected chi connectivity index (χ3v) is 5.42. The third kappa shape index (κ3) is 12.3. The molecule has 14 heteroatoms. The highest BCUT2D eigenvalue weighted by molar-refractivity contribution is 5.81. The highest BCUT2D eigenvalue weighted by atomic mass is 16.6. The maximum atomic E-state index is 12.7. The summed E-state index contributed by atoms with van der Waals surface area (Å²) in [6, 6.07) is 1.47. The van der Waals surface area contributed by atoms with E-state index in [0.29, 0.717) is 25.2 Å². The normalized spacial score (nSPS) is 12.1. The minimum atomic E-state index is -1.09. The summed E-state index contributed by atoms with van der Waals surface area (Å²) < 4.78 is 21.5. The minimum absolute atomic E-state index is 0.0519. The summed E-state index contributed by atoms with van der Waals surface area (Å²) in [5.74, 6) is -0.127. The number of unbranched alkanes of at least 4 members (excludes halogenated alkanes) is 1. The number of esters is 1. The highest BCUT2D eigenvalue weighted by Crippen LogP contribution is 2.38. The van der Waals surface area contributed by atoms with Crippen LogP contribution in [0, 0.1) is 16.0 Å². The molecule has 0 bridgehead atoms. The fourth-order valence-corrected chi connectivity index (χ4v) is 3.32. The van der Waals surface area contributed by atoms with Crippen LogP contribution >= 0.6 is 0 Å². The van der Waals surface area contributed by atoms with Crippen LogP contribution in [-0.4, -0.2) is 62.1 Å². The Morgan fingerprint density at radius 2 is 1.85 bits per heavy atom. The molecule has 0 radical (unpaired) electrons. The molecule has 0 saturated heterocycles. The summed E-state index contributed by atoms with van der Waals surface area (Å²) in [5, 5.41) is 14.2. The van der Waals surface area contributed by atoms with Gasteiger partial charge >= 0.3 is 12.1 Å². The number of carbonyl (C=O) groups excluding carboxylic acids is 3. The van der Waals surface area contributed by atoms with Crippen molar-refractivity contribution in [2.45, 2.75) is 65.0 Å². The van der Waals surface area contributed by atoms with Gasteiger partial charge in [-0.1, -0.05) is 13.8 Å². The van der Waals surface area contributed by atoms with Crippen molar-refractivity contribution in [3.05, 3.63) is 27.8 Å². The Balaban J connectivity index is 3.01. The van der Waals surface area contributed by atoms with Crippen molar-refractivity contribution in [1.82, 2.24) is 5.32 Å². The Kier molecular flexibility index (Phi) is 14.7. The summed E-state index contributed by atoms with van der Waals surface area (Å²) in [5.41, 5.74) is 10.3. The van der Waals surface area contributed by atoms with Crippen LogP contribution < -0.4 is 26.3 Å². The number of methoxy groups -OCH3 is 1. The number of rotatable bonds is 18. The van der Waals surface area contributed by atoms with Crippen LogP contribution in [-0.2, 0) is 19.1 Å². The summed E-state index contributed by atoms with van der Waals surface area (Å²) >= 11 is 0. The topological polar surface area (TPSA) is 208 Å². The van der Waals surface area contributed by atoms with Crippen LogP contribution in [0.15, 0.2) is 17.1 Å². The first-order valence-corrected chi connectivity index (χ1v) is 12.6. The van der Waals surface area contributed by atoms with Crippen LogP contribution in [0.4, 0.5) is 10.5 Å². The maximum Gasteiger partial charge on any atom is 0.408 e. The van der Waals surface area contributed by atoms with Crippen molar-refractivity contribution in [3.63, 3.8) is 0 Å². The number of carbonyl (C=O) groups is 3. The minimum Gasteiger partial charge on any atom is -0.493 e. The Bertz CT molecular complexity index is 996. The molecule has 14 nitrogen and oxygen atoms in total. The lowest BCUT2D eigenvalue weighted by molar-refractivity contribution is -0.386. The molecule has 0 heterocycles.